The zero-order valence-corrected chi connectivity index (χ0v) is 20.0. The molecular weight excluding hydrogens is 452 g/mol. The number of tetrazole rings is 1. The molecule has 0 amide bonds. The van der Waals surface area contributed by atoms with Gasteiger partial charge >= 0.3 is 0 Å². The van der Waals surface area contributed by atoms with Crippen LogP contribution in [0.3, 0.4) is 0 Å². The molecule has 0 unspecified atom stereocenters. The van der Waals surface area contributed by atoms with Crippen LogP contribution < -0.4 is 15.0 Å². The quantitative estimate of drug-likeness (QED) is 0.443. The van der Waals surface area contributed by atoms with Gasteiger partial charge in [0.2, 0.25) is 0 Å². The number of rotatable bonds is 10. The molecule has 4 heterocycles. The minimum absolute atomic E-state index is 0.0609. The van der Waals surface area contributed by atoms with E-state index < -0.39 is 0 Å². The fourth-order valence-corrected chi connectivity index (χ4v) is 4.91. The number of ether oxygens (including phenoxy) is 3. The number of hydrogen-bond acceptors (Lipinski definition) is 9. The molecule has 11 heteroatoms. The standard InChI is InChI=1S/C24H32N6O5/c1-2-20(23-26-27-28-30(23)15-18-5-3-8-33-18)29(6-4-7-31)14-17-11-16-12-21-22(35-10-9-34-21)13-19(16)25-24(17)32/h11-13,18,20,31H,2-10,14-15H2,1H3,(H,25,32)/t18-,20+/m1/s1. The Morgan fingerprint density at radius 3 is 2.80 bits per heavy atom. The van der Waals surface area contributed by atoms with Gasteiger partial charge in [-0.25, -0.2) is 4.68 Å². The molecule has 188 valence electrons. The van der Waals surface area contributed by atoms with Crippen LogP contribution in [0.25, 0.3) is 10.9 Å². The third-order valence-corrected chi connectivity index (χ3v) is 6.65. The summed E-state index contributed by atoms with van der Waals surface area (Å²) in [6.45, 7) is 5.50. The number of aliphatic hydroxyl groups is 1. The van der Waals surface area contributed by atoms with Crippen molar-refractivity contribution in [3.05, 3.63) is 39.9 Å². The van der Waals surface area contributed by atoms with E-state index in [1.165, 1.54) is 0 Å². The van der Waals surface area contributed by atoms with Crippen molar-refractivity contribution >= 4 is 10.9 Å². The van der Waals surface area contributed by atoms with Gasteiger partial charge in [-0.2, -0.15) is 0 Å². The number of H-pyrrole nitrogens is 1. The molecule has 35 heavy (non-hydrogen) atoms. The number of aromatic amines is 1. The van der Waals surface area contributed by atoms with Gasteiger partial charge in [-0.1, -0.05) is 6.92 Å². The Balaban J connectivity index is 1.44. The van der Waals surface area contributed by atoms with Crippen molar-refractivity contribution in [3.63, 3.8) is 0 Å². The molecular formula is C24H32N6O5. The second-order valence-electron chi connectivity index (χ2n) is 9.03. The maximum atomic E-state index is 13.0. The fraction of sp³-hybridized carbons (Fsp3) is 0.583. The van der Waals surface area contributed by atoms with Gasteiger partial charge in [0, 0.05) is 43.3 Å². The maximum absolute atomic E-state index is 13.0. The Morgan fingerprint density at radius 1 is 1.23 bits per heavy atom. The van der Waals surface area contributed by atoms with Crippen LogP contribution in [0.1, 0.15) is 50.0 Å². The molecule has 2 aliphatic rings. The van der Waals surface area contributed by atoms with Gasteiger partial charge in [0.15, 0.2) is 17.3 Å². The summed E-state index contributed by atoms with van der Waals surface area (Å²) in [7, 11) is 0. The number of pyridine rings is 1. The Labute approximate surface area is 203 Å². The summed E-state index contributed by atoms with van der Waals surface area (Å²) >= 11 is 0. The zero-order chi connectivity index (χ0) is 24.2. The number of nitrogens with one attached hydrogen (secondary N) is 1. The predicted molar refractivity (Wildman–Crippen MR) is 127 cm³/mol. The van der Waals surface area contributed by atoms with Crippen molar-refractivity contribution in [2.45, 2.75) is 57.8 Å². The van der Waals surface area contributed by atoms with Gasteiger partial charge < -0.3 is 24.3 Å². The summed E-state index contributed by atoms with van der Waals surface area (Å²) in [5.74, 6) is 2.07. The third-order valence-electron chi connectivity index (χ3n) is 6.65. The second kappa shape index (κ2) is 10.7. The summed E-state index contributed by atoms with van der Waals surface area (Å²) in [6, 6.07) is 5.50. The molecule has 1 saturated heterocycles. The van der Waals surface area contributed by atoms with Crippen molar-refractivity contribution in [2.24, 2.45) is 0 Å². The number of aliphatic hydroxyl groups excluding tert-OH is 1. The first-order chi connectivity index (χ1) is 17.2. The first kappa shape index (κ1) is 23.7. The van der Waals surface area contributed by atoms with Gasteiger partial charge in [0.05, 0.1) is 24.2 Å². The smallest absolute Gasteiger partial charge is 0.252 e. The van der Waals surface area contributed by atoms with Gasteiger partial charge in [0.1, 0.15) is 13.2 Å². The van der Waals surface area contributed by atoms with Gasteiger partial charge in [-0.15, -0.1) is 5.10 Å². The zero-order valence-electron chi connectivity index (χ0n) is 20.0. The largest absolute Gasteiger partial charge is 0.486 e. The molecule has 3 aromatic rings. The monoisotopic (exact) mass is 484 g/mol. The number of nitrogens with zero attached hydrogens (tertiary/aromatic N) is 5. The molecule has 0 spiro atoms. The summed E-state index contributed by atoms with van der Waals surface area (Å²) in [4.78, 5) is 18.2. The van der Waals surface area contributed by atoms with Crippen molar-refractivity contribution < 1.29 is 19.3 Å². The minimum Gasteiger partial charge on any atom is -0.486 e. The van der Waals surface area contributed by atoms with E-state index in [1.54, 1.807) is 0 Å². The lowest BCUT2D eigenvalue weighted by Gasteiger charge is -2.30. The van der Waals surface area contributed by atoms with Crippen molar-refractivity contribution in [1.29, 1.82) is 0 Å². The van der Waals surface area contributed by atoms with E-state index in [0.29, 0.717) is 61.8 Å². The van der Waals surface area contributed by atoms with Crippen LogP contribution >= 0.6 is 0 Å². The summed E-state index contributed by atoms with van der Waals surface area (Å²) in [5.41, 5.74) is 1.18. The van der Waals surface area contributed by atoms with Gasteiger partial charge in [0.25, 0.3) is 5.56 Å². The molecule has 0 aliphatic carbocycles. The van der Waals surface area contributed by atoms with Gasteiger partial charge in [-0.05, 0) is 48.2 Å². The molecule has 2 atom stereocenters. The molecule has 0 radical (unpaired) electrons. The SMILES string of the molecule is CC[C@@H](c1nnnn1C[C@H]1CCCO1)N(CCCO)Cc1cc2cc3c(cc2[nH]c1=O)OCCO3. The van der Waals surface area contributed by atoms with Crippen molar-refractivity contribution in [2.75, 3.05) is 33.0 Å². The lowest BCUT2D eigenvalue weighted by atomic mass is 10.1. The van der Waals surface area contributed by atoms with Crippen molar-refractivity contribution in [3.8, 4) is 11.5 Å². The number of aromatic nitrogens is 5. The Bertz CT molecular complexity index is 1200. The molecule has 0 saturated carbocycles. The van der Waals surface area contributed by atoms with E-state index in [1.807, 2.05) is 22.9 Å². The lowest BCUT2D eigenvalue weighted by Crippen LogP contribution is -2.34. The molecule has 2 aromatic heterocycles. The van der Waals surface area contributed by atoms with Crippen molar-refractivity contribution in [1.82, 2.24) is 30.1 Å². The molecule has 1 aromatic carbocycles. The highest BCUT2D eigenvalue weighted by Gasteiger charge is 2.27. The summed E-state index contributed by atoms with van der Waals surface area (Å²) in [5, 5.41) is 22.9. The van der Waals surface area contributed by atoms with E-state index in [4.69, 9.17) is 14.2 Å². The second-order valence-corrected chi connectivity index (χ2v) is 9.03. The van der Waals surface area contributed by atoms with Crippen LogP contribution in [0.15, 0.2) is 23.0 Å². The van der Waals surface area contributed by atoms with Crippen LogP contribution in [0, 0.1) is 0 Å². The van der Waals surface area contributed by atoms with E-state index in [9.17, 15) is 9.90 Å². The highest BCUT2D eigenvalue weighted by atomic mass is 16.6. The van der Waals surface area contributed by atoms with E-state index in [0.717, 1.165) is 37.1 Å². The molecule has 2 N–H and O–H groups in total. The summed E-state index contributed by atoms with van der Waals surface area (Å²) in [6.07, 6.45) is 3.48. The highest BCUT2D eigenvalue weighted by Crippen LogP contribution is 2.34. The van der Waals surface area contributed by atoms with Crippen LogP contribution in [0.4, 0.5) is 0 Å². The molecule has 11 nitrogen and oxygen atoms in total. The minimum atomic E-state index is -0.156. The average Bonchev–Trinajstić information content (AvgIpc) is 3.55. The van der Waals surface area contributed by atoms with Crippen LogP contribution in [-0.4, -0.2) is 74.3 Å². The van der Waals surface area contributed by atoms with E-state index >= 15 is 0 Å². The third kappa shape index (κ3) is 5.16. The topological polar surface area (TPSA) is 128 Å². The summed E-state index contributed by atoms with van der Waals surface area (Å²) < 4.78 is 19.0. The van der Waals surface area contributed by atoms with Gasteiger partial charge in [-0.3, -0.25) is 9.69 Å². The Hall–Kier alpha value is -3.02. The van der Waals surface area contributed by atoms with Crippen LogP contribution in [0.5, 0.6) is 11.5 Å². The fourth-order valence-electron chi connectivity index (χ4n) is 4.91. The number of hydrogen-bond donors (Lipinski definition) is 2. The predicted octanol–water partition coefficient (Wildman–Crippen LogP) is 1.80. The number of benzene rings is 1. The first-order valence-corrected chi connectivity index (χ1v) is 12.3. The molecule has 1 fully saturated rings. The lowest BCUT2D eigenvalue weighted by molar-refractivity contribution is 0.0888. The molecule has 0 bridgehead atoms. The van der Waals surface area contributed by atoms with Crippen LogP contribution in [0.2, 0.25) is 0 Å². The number of fused-ring (bicyclic) bond motifs is 2. The average molecular weight is 485 g/mol. The first-order valence-electron chi connectivity index (χ1n) is 12.3. The highest BCUT2D eigenvalue weighted by molar-refractivity contribution is 5.83. The van der Waals surface area contributed by atoms with E-state index in [2.05, 4.69) is 32.3 Å². The van der Waals surface area contributed by atoms with E-state index in [-0.39, 0.29) is 24.3 Å². The normalized spacial score (nSPS) is 18.4. The van der Waals surface area contributed by atoms with Crippen LogP contribution in [-0.2, 0) is 17.8 Å². The Kier molecular flexibility index (Phi) is 7.26. The molecule has 5 rings (SSSR count). The molecule has 2 aliphatic heterocycles. The Morgan fingerprint density at radius 2 is 2.06 bits per heavy atom. The maximum Gasteiger partial charge on any atom is 0.252 e.